The van der Waals surface area contributed by atoms with Crippen LogP contribution >= 0.6 is 0 Å². The van der Waals surface area contributed by atoms with Crippen LogP contribution in [0.5, 0.6) is 0 Å². The number of rotatable bonds is 10. The van der Waals surface area contributed by atoms with E-state index in [2.05, 4.69) is 19.2 Å². The predicted molar refractivity (Wildman–Crippen MR) is 83.7 cm³/mol. The minimum Gasteiger partial charge on any atom is -0.383 e. The normalized spacial score (nSPS) is 24.6. The van der Waals surface area contributed by atoms with E-state index in [0.717, 1.165) is 25.9 Å². The summed E-state index contributed by atoms with van der Waals surface area (Å²) in [4.78, 5) is 0. The first kappa shape index (κ1) is 17.9. The van der Waals surface area contributed by atoms with Crippen LogP contribution < -0.4 is 5.32 Å². The van der Waals surface area contributed by atoms with Crippen molar-refractivity contribution in [1.82, 2.24) is 5.32 Å². The molecule has 1 aliphatic heterocycles. The van der Waals surface area contributed by atoms with Gasteiger partial charge in [-0.1, -0.05) is 26.7 Å². The van der Waals surface area contributed by atoms with Crippen LogP contribution in [-0.4, -0.2) is 46.7 Å². The summed E-state index contributed by atoms with van der Waals surface area (Å²) in [6.07, 6.45) is 4.41. The number of hydrogen-bond acceptors (Lipinski definition) is 4. The van der Waals surface area contributed by atoms with Crippen molar-refractivity contribution in [3.05, 3.63) is 0 Å². The first-order valence-corrected chi connectivity index (χ1v) is 9.70. The van der Waals surface area contributed by atoms with Gasteiger partial charge in [-0.3, -0.25) is 0 Å². The third-order valence-electron chi connectivity index (χ3n) is 4.31. The maximum absolute atomic E-state index is 11.7. The highest BCUT2D eigenvalue weighted by Gasteiger charge is 2.33. The van der Waals surface area contributed by atoms with Crippen LogP contribution in [-0.2, 0) is 14.6 Å². The zero-order chi connectivity index (χ0) is 15.0. The van der Waals surface area contributed by atoms with E-state index >= 15 is 0 Å². The second kappa shape index (κ2) is 9.00. The Bertz CT molecular complexity index is 356. The largest absolute Gasteiger partial charge is 0.383 e. The molecule has 0 aliphatic carbocycles. The van der Waals surface area contributed by atoms with Crippen LogP contribution in [0.2, 0.25) is 0 Å². The zero-order valence-electron chi connectivity index (χ0n) is 13.2. The summed E-state index contributed by atoms with van der Waals surface area (Å²) in [6.45, 7) is 6.96. The van der Waals surface area contributed by atoms with Crippen molar-refractivity contribution < 1.29 is 13.2 Å². The summed E-state index contributed by atoms with van der Waals surface area (Å²) in [5, 5.41) is 3.42. The lowest BCUT2D eigenvalue weighted by Gasteiger charge is -2.26. The summed E-state index contributed by atoms with van der Waals surface area (Å²) in [6, 6.07) is 0. The van der Waals surface area contributed by atoms with Gasteiger partial charge in [-0.15, -0.1) is 0 Å². The lowest BCUT2D eigenvalue weighted by molar-refractivity contribution is 0.193. The summed E-state index contributed by atoms with van der Waals surface area (Å²) in [7, 11) is -1.08. The standard InChI is InChI=1S/C15H31NO3S/c1-4-5-13(2)10-15(11-16-7-8-19-3)14-6-9-20(17,18)12-14/h13-16H,4-12H2,1-3H3. The topological polar surface area (TPSA) is 55.4 Å². The lowest BCUT2D eigenvalue weighted by atomic mass is 9.83. The SMILES string of the molecule is CCCC(C)CC(CNCCOC)C1CCS(=O)(=O)C1. The molecule has 0 aromatic rings. The summed E-state index contributed by atoms with van der Waals surface area (Å²) in [5.74, 6) is 2.27. The molecule has 5 heteroatoms. The Morgan fingerprint density at radius 2 is 2.15 bits per heavy atom. The average Bonchev–Trinajstić information content (AvgIpc) is 2.74. The summed E-state index contributed by atoms with van der Waals surface area (Å²) in [5.41, 5.74) is 0. The van der Waals surface area contributed by atoms with E-state index in [-0.39, 0.29) is 0 Å². The Balaban J connectivity index is 2.50. The van der Waals surface area contributed by atoms with Crippen molar-refractivity contribution in [2.75, 3.05) is 38.3 Å². The zero-order valence-corrected chi connectivity index (χ0v) is 14.0. The number of hydrogen-bond donors (Lipinski definition) is 1. The van der Waals surface area contributed by atoms with Crippen molar-refractivity contribution in [1.29, 1.82) is 0 Å². The Labute approximate surface area is 124 Å². The summed E-state index contributed by atoms with van der Waals surface area (Å²) >= 11 is 0. The van der Waals surface area contributed by atoms with E-state index in [4.69, 9.17) is 4.74 Å². The maximum Gasteiger partial charge on any atom is 0.150 e. The van der Waals surface area contributed by atoms with E-state index in [1.807, 2.05) is 0 Å². The molecule has 20 heavy (non-hydrogen) atoms. The second-order valence-electron chi connectivity index (χ2n) is 6.25. The van der Waals surface area contributed by atoms with Crippen LogP contribution in [0.25, 0.3) is 0 Å². The van der Waals surface area contributed by atoms with Gasteiger partial charge in [0.25, 0.3) is 0 Å². The molecule has 1 rings (SSSR count). The predicted octanol–water partition coefficient (Wildman–Crippen LogP) is 2.10. The van der Waals surface area contributed by atoms with Crippen LogP contribution in [0, 0.1) is 17.8 Å². The first-order chi connectivity index (χ1) is 9.48. The Hall–Kier alpha value is -0.130. The van der Waals surface area contributed by atoms with Gasteiger partial charge in [0.2, 0.25) is 0 Å². The molecule has 0 amide bonds. The van der Waals surface area contributed by atoms with Gasteiger partial charge in [0.05, 0.1) is 18.1 Å². The van der Waals surface area contributed by atoms with Crippen LogP contribution in [0.3, 0.4) is 0 Å². The second-order valence-corrected chi connectivity index (χ2v) is 8.48. The summed E-state index contributed by atoms with van der Waals surface area (Å²) < 4.78 is 28.4. The van der Waals surface area contributed by atoms with Gasteiger partial charge in [0.15, 0.2) is 9.84 Å². The smallest absolute Gasteiger partial charge is 0.150 e. The fraction of sp³-hybridized carbons (Fsp3) is 1.00. The van der Waals surface area contributed by atoms with Crippen LogP contribution in [0.15, 0.2) is 0 Å². The van der Waals surface area contributed by atoms with Gasteiger partial charge in [0, 0.05) is 13.7 Å². The van der Waals surface area contributed by atoms with E-state index < -0.39 is 9.84 Å². The third kappa shape index (κ3) is 6.55. The van der Waals surface area contributed by atoms with Crippen molar-refractivity contribution in [2.45, 2.75) is 39.5 Å². The molecule has 4 nitrogen and oxygen atoms in total. The number of ether oxygens (including phenoxy) is 1. The minimum atomic E-state index is -2.78. The molecule has 3 unspecified atom stereocenters. The van der Waals surface area contributed by atoms with Crippen molar-refractivity contribution in [3.63, 3.8) is 0 Å². The Kier molecular flexibility index (Phi) is 8.07. The first-order valence-electron chi connectivity index (χ1n) is 7.88. The van der Waals surface area contributed by atoms with Gasteiger partial charge in [0.1, 0.15) is 0 Å². The van der Waals surface area contributed by atoms with E-state index in [1.165, 1.54) is 12.8 Å². The highest BCUT2D eigenvalue weighted by molar-refractivity contribution is 7.91. The van der Waals surface area contributed by atoms with Gasteiger partial charge in [-0.2, -0.15) is 0 Å². The molecule has 0 aromatic carbocycles. The van der Waals surface area contributed by atoms with Gasteiger partial charge in [-0.05, 0) is 37.1 Å². The third-order valence-corrected chi connectivity index (χ3v) is 6.10. The van der Waals surface area contributed by atoms with Crippen molar-refractivity contribution in [2.24, 2.45) is 17.8 Å². The highest BCUT2D eigenvalue weighted by atomic mass is 32.2. The Morgan fingerprint density at radius 1 is 1.40 bits per heavy atom. The molecular formula is C15H31NO3S. The average molecular weight is 305 g/mol. The number of nitrogens with one attached hydrogen (secondary N) is 1. The Morgan fingerprint density at radius 3 is 2.70 bits per heavy atom. The molecule has 0 aromatic heterocycles. The fourth-order valence-electron chi connectivity index (χ4n) is 3.23. The molecule has 1 N–H and O–H groups in total. The number of sulfone groups is 1. The molecule has 0 bridgehead atoms. The van der Waals surface area contributed by atoms with E-state index in [0.29, 0.717) is 35.9 Å². The molecule has 1 heterocycles. The monoisotopic (exact) mass is 305 g/mol. The molecule has 120 valence electrons. The molecule has 1 aliphatic rings. The minimum absolute atomic E-state index is 0.342. The van der Waals surface area contributed by atoms with Crippen LogP contribution in [0.1, 0.15) is 39.5 Å². The van der Waals surface area contributed by atoms with Crippen molar-refractivity contribution >= 4 is 9.84 Å². The lowest BCUT2D eigenvalue weighted by Crippen LogP contribution is -2.32. The molecule has 3 atom stereocenters. The van der Waals surface area contributed by atoms with Crippen molar-refractivity contribution in [3.8, 4) is 0 Å². The van der Waals surface area contributed by atoms with Gasteiger partial charge >= 0.3 is 0 Å². The molecule has 1 fully saturated rings. The van der Waals surface area contributed by atoms with E-state index in [1.54, 1.807) is 7.11 Å². The fourth-order valence-corrected chi connectivity index (χ4v) is 5.15. The van der Waals surface area contributed by atoms with Gasteiger partial charge in [-0.25, -0.2) is 8.42 Å². The highest BCUT2D eigenvalue weighted by Crippen LogP contribution is 2.31. The maximum atomic E-state index is 11.7. The van der Waals surface area contributed by atoms with Crippen LogP contribution in [0.4, 0.5) is 0 Å². The molecule has 0 radical (unpaired) electrons. The molecule has 0 spiro atoms. The molecular weight excluding hydrogens is 274 g/mol. The molecule has 0 saturated carbocycles. The molecule has 1 saturated heterocycles. The van der Waals surface area contributed by atoms with Gasteiger partial charge < -0.3 is 10.1 Å². The quantitative estimate of drug-likeness (QED) is 0.628. The van der Waals surface area contributed by atoms with E-state index in [9.17, 15) is 8.42 Å². The number of methoxy groups -OCH3 is 1.